The van der Waals surface area contributed by atoms with Gasteiger partial charge >= 0.3 is 0 Å². The van der Waals surface area contributed by atoms with Crippen molar-refractivity contribution in [1.82, 2.24) is 10.2 Å². The summed E-state index contributed by atoms with van der Waals surface area (Å²) in [6.07, 6.45) is 3.92. The molecule has 2 aliphatic rings. The molecule has 0 bridgehead atoms. The van der Waals surface area contributed by atoms with Gasteiger partial charge < -0.3 is 15.0 Å². The van der Waals surface area contributed by atoms with Crippen LogP contribution in [0, 0.1) is 11.8 Å². The largest absolute Gasteiger partial charge is 0.376 e. The average molecular weight is 315 g/mol. The number of hydrogen-bond acceptors (Lipinski definition) is 2. The molecule has 0 radical (unpaired) electrons. The van der Waals surface area contributed by atoms with Crippen molar-refractivity contribution in [2.24, 2.45) is 16.8 Å². The van der Waals surface area contributed by atoms with Gasteiger partial charge in [0.15, 0.2) is 5.96 Å². The lowest BCUT2D eigenvalue weighted by Gasteiger charge is -2.21. The van der Waals surface area contributed by atoms with E-state index in [4.69, 9.17) is 9.73 Å². The van der Waals surface area contributed by atoms with Crippen molar-refractivity contribution >= 4 is 5.96 Å². The van der Waals surface area contributed by atoms with Gasteiger partial charge in [-0.25, -0.2) is 0 Å². The van der Waals surface area contributed by atoms with E-state index in [1.807, 2.05) is 6.07 Å². The highest BCUT2D eigenvalue weighted by molar-refractivity contribution is 5.80. The van der Waals surface area contributed by atoms with Crippen LogP contribution in [-0.4, -0.2) is 43.6 Å². The van der Waals surface area contributed by atoms with Crippen LogP contribution in [0.5, 0.6) is 0 Å². The lowest BCUT2D eigenvalue weighted by atomic mass is 10.1. The summed E-state index contributed by atoms with van der Waals surface area (Å²) in [6.45, 7) is 7.79. The quantitative estimate of drug-likeness (QED) is 0.621. The first kappa shape index (κ1) is 16.3. The van der Waals surface area contributed by atoms with Crippen LogP contribution in [0.1, 0.15) is 31.7 Å². The molecule has 1 aromatic carbocycles. The molecule has 4 heteroatoms. The Morgan fingerprint density at radius 2 is 2.04 bits per heavy atom. The summed E-state index contributed by atoms with van der Waals surface area (Å²) in [6, 6.07) is 10.4. The van der Waals surface area contributed by atoms with Crippen LogP contribution >= 0.6 is 0 Å². The van der Waals surface area contributed by atoms with Crippen LogP contribution in [0.25, 0.3) is 0 Å². The first-order chi connectivity index (χ1) is 11.3. The predicted molar refractivity (Wildman–Crippen MR) is 94.5 cm³/mol. The summed E-state index contributed by atoms with van der Waals surface area (Å²) in [5.41, 5.74) is 1.25. The third-order valence-corrected chi connectivity index (χ3v) is 4.58. The summed E-state index contributed by atoms with van der Waals surface area (Å²) in [5, 5.41) is 3.45. The second-order valence-corrected chi connectivity index (χ2v) is 6.74. The zero-order valence-corrected chi connectivity index (χ0v) is 14.2. The van der Waals surface area contributed by atoms with Gasteiger partial charge in [0.2, 0.25) is 0 Å². The molecule has 0 aromatic heterocycles. The monoisotopic (exact) mass is 315 g/mol. The van der Waals surface area contributed by atoms with Crippen molar-refractivity contribution in [3.8, 4) is 0 Å². The summed E-state index contributed by atoms with van der Waals surface area (Å²) in [5.74, 6) is 2.56. The Kier molecular flexibility index (Phi) is 5.92. The highest BCUT2D eigenvalue weighted by Crippen LogP contribution is 2.29. The number of hydrogen-bond donors (Lipinski definition) is 1. The maximum absolute atomic E-state index is 5.91. The number of benzene rings is 1. The number of likely N-dealkylation sites (tertiary alicyclic amines) is 1. The number of aliphatic imine (C=N–C) groups is 1. The first-order valence-electron chi connectivity index (χ1n) is 9.00. The lowest BCUT2D eigenvalue weighted by molar-refractivity contribution is 0.0906. The van der Waals surface area contributed by atoms with E-state index in [1.165, 1.54) is 24.8 Å². The van der Waals surface area contributed by atoms with Crippen molar-refractivity contribution in [2.75, 3.05) is 32.8 Å². The predicted octanol–water partition coefficient (Wildman–Crippen LogP) is 2.90. The topological polar surface area (TPSA) is 36.9 Å². The highest BCUT2D eigenvalue weighted by Gasteiger charge is 2.26. The number of nitrogens with zero attached hydrogens (tertiary/aromatic N) is 2. The molecule has 1 unspecified atom stereocenters. The molecule has 1 saturated heterocycles. The van der Waals surface area contributed by atoms with E-state index < -0.39 is 0 Å². The fourth-order valence-corrected chi connectivity index (χ4v) is 3.02. The van der Waals surface area contributed by atoms with Gasteiger partial charge in [-0.1, -0.05) is 30.3 Å². The molecule has 23 heavy (non-hydrogen) atoms. The lowest BCUT2D eigenvalue weighted by Crippen LogP contribution is -2.40. The van der Waals surface area contributed by atoms with Crippen LogP contribution in [0.2, 0.25) is 0 Å². The molecule has 1 aromatic rings. The molecule has 1 aliphatic heterocycles. The van der Waals surface area contributed by atoms with E-state index in [0.717, 1.165) is 44.7 Å². The maximum Gasteiger partial charge on any atom is 0.193 e. The summed E-state index contributed by atoms with van der Waals surface area (Å²) in [4.78, 5) is 7.22. The number of guanidine groups is 1. The molecule has 0 amide bonds. The SMILES string of the molecule is CCNC(=NCC1CC1)N1CCC(COCc2ccccc2)C1. The van der Waals surface area contributed by atoms with Gasteiger partial charge in [0.05, 0.1) is 13.2 Å². The maximum atomic E-state index is 5.91. The van der Waals surface area contributed by atoms with Gasteiger partial charge in [-0.2, -0.15) is 0 Å². The van der Waals surface area contributed by atoms with Crippen molar-refractivity contribution in [3.05, 3.63) is 35.9 Å². The highest BCUT2D eigenvalue weighted by atomic mass is 16.5. The van der Waals surface area contributed by atoms with E-state index in [0.29, 0.717) is 12.5 Å². The first-order valence-corrected chi connectivity index (χ1v) is 9.00. The number of nitrogens with one attached hydrogen (secondary N) is 1. The third kappa shape index (κ3) is 5.24. The smallest absolute Gasteiger partial charge is 0.193 e. The molecule has 1 saturated carbocycles. The van der Waals surface area contributed by atoms with Gasteiger partial charge in [-0.15, -0.1) is 0 Å². The Morgan fingerprint density at radius 1 is 1.22 bits per heavy atom. The van der Waals surface area contributed by atoms with Crippen LogP contribution in [0.4, 0.5) is 0 Å². The summed E-state index contributed by atoms with van der Waals surface area (Å²) >= 11 is 0. The zero-order valence-electron chi connectivity index (χ0n) is 14.2. The Hall–Kier alpha value is -1.55. The fraction of sp³-hybridized carbons (Fsp3) is 0.632. The molecule has 1 aliphatic carbocycles. The minimum atomic E-state index is 0.614. The average Bonchev–Trinajstić information content (AvgIpc) is 3.29. The van der Waals surface area contributed by atoms with Crippen molar-refractivity contribution in [2.45, 2.75) is 32.8 Å². The van der Waals surface area contributed by atoms with E-state index in [-0.39, 0.29) is 0 Å². The molecule has 126 valence electrons. The molecule has 4 nitrogen and oxygen atoms in total. The van der Waals surface area contributed by atoms with E-state index in [2.05, 4.69) is 41.4 Å². The second kappa shape index (κ2) is 8.34. The minimum absolute atomic E-state index is 0.614. The molecular formula is C19H29N3O. The van der Waals surface area contributed by atoms with Crippen LogP contribution in [0.15, 0.2) is 35.3 Å². The van der Waals surface area contributed by atoms with E-state index >= 15 is 0 Å². The van der Waals surface area contributed by atoms with E-state index in [1.54, 1.807) is 0 Å². The van der Waals surface area contributed by atoms with Crippen LogP contribution in [-0.2, 0) is 11.3 Å². The van der Waals surface area contributed by atoms with Crippen molar-refractivity contribution in [1.29, 1.82) is 0 Å². The molecule has 1 heterocycles. The molecule has 1 atom stereocenters. The Balaban J connectivity index is 1.42. The summed E-state index contributed by atoms with van der Waals surface area (Å²) in [7, 11) is 0. The van der Waals surface area contributed by atoms with Gasteiger partial charge in [-0.05, 0) is 37.7 Å². The molecule has 3 rings (SSSR count). The molecule has 1 N–H and O–H groups in total. The number of ether oxygens (including phenoxy) is 1. The normalized spacial score (nSPS) is 21.7. The van der Waals surface area contributed by atoms with Crippen LogP contribution in [0.3, 0.4) is 0 Å². The fourth-order valence-electron chi connectivity index (χ4n) is 3.02. The number of rotatable bonds is 7. The molecule has 2 fully saturated rings. The van der Waals surface area contributed by atoms with Gasteiger partial charge in [0.1, 0.15) is 0 Å². The van der Waals surface area contributed by atoms with E-state index in [9.17, 15) is 0 Å². The Labute approximate surface area is 139 Å². The Morgan fingerprint density at radius 3 is 2.78 bits per heavy atom. The molecule has 0 spiro atoms. The summed E-state index contributed by atoms with van der Waals surface area (Å²) < 4.78 is 5.91. The minimum Gasteiger partial charge on any atom is -0.376 e. The second-order valence-electron chi connectivity index (χ2n) is 6.74. The van der Waals surface area contributed by atoms with Gasteiger partial charge in [0, 0.05) is 32.1 Å². The Bertz CT molecular complexity index is 499. The van der Waals surface area contributed by atoms with Crippen LogP contribution < -0.4 is 5.32 Å². The standard InChI is InChI=1S/C19H29N3O/c1-2-20-19(21-12-16-8-9-16)22-11-10-18(13-22)15-23-14-17-6-4-3-5-7-17/h3-7,16,18H,2,8-15H2,1H3,(H,20,21). The molecular weight excluding hydrogens is 286 g/mol. The zero-order chi connectivity index (χ0) is 15.9. The van der Waals surface area contributed by atoms with Crippen molar-refractivity contribution < 1.29 is 4.74 Å². The van der Waals surface area contributed by atoms with Crippen molar-refractivity contribution in [3.63, 3.8) is 0 Å². The van der Waals surface area contributed by atoms with Gasteiger partial charge in [-0.3, -0.25) is 4.99 Å². The van der Waals surface area contributed by atoms with Gasteiger partial charge in [0.25, 0.3) is 0 Å². The third-order valence-electron chi connectivity index (χ3n) is 4.58.